The number of aliphatic hydroxyl groups is 1. The van der Waals surface area contributed by atoms with Crippen LogP contribution in [0.2, 0.25) is 0 Å². The number of amides is 3. The molecule has 0 saturated carbocycles. The number of fused-ring (bicyclic) bond motifs is 1. The van der Waals surface area contributed by atoms with Crippen molar-refractivity contribution in [2.45, 2.75) is 43.6 Å². The third-order valence-corrected chi connectivity index (χ3v) is 6.60. The zero-order valence-electron chi connectivity index (χ0n) is 19.0. The van der Waals surface area contributed by atoms with Crippen LogP contribution in [0.15, 0.2) is 24.3 Å². The topological polar surface area (TPSA) is 94.6 Å². The summed E-state index contributed by atoms with van der Waals surface area (Å²) in [5.41, 5.74) is 0.470. The highest BCUT2D eigenvalue weighted by Crippen LogP contribution is 2.28. The Bertz CT molecular complexity index is 818. The third-order valence-electron chi connectivity index (χ3n) is 6.60. The van der Waals surface area contributed by atoms with Crippen LogP contribution >= 0.6 is 0 Å². The highest BCUT2D eigenvalue weighted by molar-refractivity contribution is 5.89. The average molecular weight is 465 g/mol. The average Bonchev–Trinajstić information content (AvgIpc) is 2.78. The smallest absolute Gasteiger partial charge is 0.322 e. The van der Waals surface area contributed by atoms with Crippen LogP contribution in [0.1, 0.15) is 19.3 Å². The molecule has 3 amide bonds. The normalized spacial score (nSPS) is 29.1. The third kappa shape index (κ3) is 6.20. The number of rotatable bonds is 3. The lowest BCUT2D eigenvalue weighted by Gasteiger charge is -2.44. The van der Waals surface area contributed by atoms with E-state index >= 15 is 0 Å². The number of β-amino-alcohol motifs (C(OH)–C–C–N with tert-alkyl or cyclic N) is 1. The molecular formula is C23H33FN4O5. The molecule has 4 atom stereocenters. The second-order valence-corrected chi connectivity index (χ2v) is 9.11. The minimum absolute atomic E-state index is 0.0950. The second kappa shape index (κ2) is 10.8. The number of piperazine rings is 1. The van der Waals surface area contributed by atoms with Crippen LogP contribution < -0.4 is 5.32 Å². The summed E-state index contributed by atoms with van der Waals surface area (Å²) in [5.74, 6) is -0.288. The summed E-state index contributed by atoms with van der Waals surface area (Å²) < 4.78 is 25.1. The second-order valence-electron chi connectivity index (χ2n) is 9.11. The number of hydrogen-bond donors (Lipinski definition) is 2. The summed E-state index contributed by atoms with van der Waals surface area (Å²) in [6, 6.07) is 4.86. The fraction of sp³-hybridized carbons (Fsp3) is 0.652. The number of halogens is 1. The number of likely N-dealkylation sites (N-methyl/N-ethyl adjacent to an activating group) is 1. The van der Waals surface area contributed by atoms with Crippen molar-refractivity contribution in [3.05, 3.63) is 30.1 Å². The Labute approximate surface area is 193 Å². The van der Waals surface area contributed by atoms with Crippen molar-refractivity contribution in [3.63, 3.8) is 0 Å². The molecule has 33 heavy (non-hydrogen) atoms. The molecule has 0 radical (unpaired) electrons. The molecular weight excluding hydrogens is 431 g/mol. The van der Waals surface area contributed by atoms with Gasteiger partial charge < -0.3 is 34.6 Å². The number of urea groups is 1. The van der Waals surface area contributed by atoms with E-state index in [0.29, 0.717) is 24.9 Å². The zero-order chi connectivity index (χ0) is 23.4. The number of nitrogens with one attached hydrogen (secondary N) is 1. The molecule has 3 saturated heterocycles. The molecule has 2 N–H and O–H groups in total. The molecule has 3 heterocycles. The monoisotopic (exact) mass is 464 g/mol. The first kappa shape index (κ1) is 23.9. The van der Waals surface area contributed by atoms with E-state index in [1.165, 1.54) is 24.3 Å². The molecule has 3 aliphatic heterocycles. The molecule has 3 fully saturated rings. The van der Waals surface area contributed by atoms with E-state index in [-0.39, 0.29) is 49.7 Å². The molecule has 10 heteroatoms. The lowest BCUT2D eigenvalue weighted by atomic mass is 9.94. The van der Waals surface area contributed by atoms with E-state index in [0.717, 1.165) is 26.2 Å². The number of anilines is 1. The van der Waals surface area contributed by atoms with Crippen LogP contribution in [-0.2, 0) is 14.3 Å². The van der Waals surface area contributed by atoms with Crippen LogP contribution in [-0.4, -0.2) is 109 Å². The summed E-state index contributed by atoms with van der Waals surface area (Å²) >= 11 is 0. The lowest BCUT2D eigenvalue weighted by Crippen LogP contribution is -2.58. The molecule has 1 aromatic rings. The van der Waals surface area contributed by atoms with Crippen molar-refractivity contribution in [2.75, 3.05) is 58.3 Å². The van der Waals surface area contributed by atoms with Gasteiger partial charge in [0.15, 0.2) is 0 Å². The van der Waals surface area contributed by atoms with E-state index in [9.17, 15) is 19.1 Å². The van der Waals surface area contributed by atoms with E-state index < -0.39 is 12.2 Å². The van der Waals surface area contributed by atoms with Crippen LogP contribution in [0, 0.1) is 5.82 Å². The number of nitrogens with zero attached hydrogens (tertiary/aromatic N) is 3. The molecule has 0 aromatic heterocycles. The number of aliphatic hydroxyl groups excluding tert-OH is 1. The van der Waals surface area contributed by atoms with Gasteiger partial charge in [0.2, 0.25) is 5.91 Å². The summed E-state index contributed by atoms with van der Waals surface area (Å²) in [6.45, 7) is 3.63. The molecule has 0 spiro atoms. The van der Waals surface area contributed by atoms with Crippen molar-refractivity contribution in [2.24, 2.45) is 0 Å². The van der Waals surface area contributed by atoms with Crippen LogP contribution in [0.4, 0.5) is 14.9 Å². The zero-order valence-corrected chi connectivity index (χ0v) is 19.0. The van der Waals surface area contributed by atoms with Gasteiger partial charge in [-0.15, -0.1) is 0 Å². The van der Waals surface area contributed by atoms with Crippen molar-refractivity contribution in [3.8, 4) is 0 Å². The quantitative estimate of drug-likeness (QED) is 0.697. The summed E-state index contributed by atoms with van der Waals surface area (Å²) in [6.07, 6.45) is 0.150. The predicted octanol–water partition coefficient (Wildman–Crippen LogP) is 1.13. The maximum absolute atomic E-state index is 13.2. The number of benzene rings is 1. The minimum atomic E-state index is -0.818. The number of carbonyl (C=O) groups is 2. The van der Waals surface area contributed by atoms with Gasteiger partial charge in [0.25, 0.3) is 0 Å². The molecule has 182 valence electrons. The summed E-state index contributed by atoms with van der Waals surface area (Å²) in [7, 11) is 2.05. The first-order valence-corrected chi connectivity index (χ1v) is 11.6. The Balaban J connectivity index is 1.39. The molecule has 3 aliphatic rings. The van der Waals surface area contributed by atoms with Gasteiger partial charge in [-0.1, -0.05) is 0 Å². The fourth-order valence-electron chi connectivity index (χ4n) is 4.68. The Morgan fingerprint density at radius 3 is 2.58 bits per heavy atom. The SMILES string of the molecule is CN1CCN(C(=O)C[C@@H]2CC[C@@H]3[C@H](COC[C@@H](O)CN3C(=O)Nc3ccc(F)cc3)O2)CC1. The van der Waals surface area contributed by atoms with Crippen molar-refractivity contribution in [1.29, 1.82) is 0 Å². The van der Waals surface area contributed by atoms with Gasteiger partial charge in [-0.3, -0.25) is 4.79 Å². The first-order chi connectivity index (χ1) is 15.9. The van der Waals surface area contributed by atoms with Crippen LogP contribution in [0.3, 0.4) is 0 Å². The molecule has 0 unspecified atom stereocenters. The van der Waals surface area contributed by atoms with E-state index in [4.69, 9.17) is 9.47 Å². The lowest BCUT2D eigenvalue weighted by molar-refractivity contribution is -0.155. The van der Waals surface area contributed by atoms with E-state index in [1.807, 2.05) is 4.90 Å². The first-order valence-electron chi connectivity index (χ1n) is 11.6. The van der Waals surface area contributed by atoms with Crippen molar-refractivity contribution in [1.82, 2.24) is 14.7 Å². The Kier molecular flexibility index (Phi) is 7.79. The largest absolute Gasteiger partial charge is 0.389 e. The molecule has 0 bridgehead atoms. The Hall–Kier alpha value is -2.27. The van der Waals surface area contributed by atoms with Gasteiger partial charge in [0, 0.05) is 31.9 Å². The summed E-state index contributed by atoms with van der Waals surface area (Å²) in [4.78, 5) is 31.5. The maximum atomic E-state index is 13.2. The minimum Gasteiger partial charge on any atom is -0.389 e. The van der Waals surface area contributed by atoms with E-state index in [2.05, 4.69) is 17.3 Å². The maximum Gasteiger partial charge on any atom is 0.322 e. The molecule has 0 aliphatic carbocycles. The highest BCUT2D eigenvalue weighted by Gasteiger charge is 2.40. The van der Waals surface area contributed by atoms with Crippen LogP contribution in [0.25, 0.3) is 0 Å². The van der Waals surface area contributed by atoms with E-state index in [1.54, 1.807) is 4.90 Å². The molecule has 1 aromatic carbocycles. The van der Waals surface area contributed by atoms with Gasteiger partial charge in [0.05, 0.1) is 44.4 Å². The number of ether oxygens (including phenoxy) is 2. The fourth-order valence-corrected chi connectivity index (χ4v) is 4.68. The molecule has 9 nitrogen and oxygen atoms in total. The highest BCUT2D eigenvalue weighted by atomic mass is 19.1. The summed E-state index contributed by atoms with van der Waals surface area (Å²) in [5, 5.41) is 13.0. The standard InChI is InChI=1S/C23H33FN4O5/c1-26-8-10-27(11-9-26)22(30)12-19-6-7-20-21(33-19)15-32-14-18(29)13-28(20)23(31)25-17-4-2-16(24)3-5-17/h2-5,18-21,29H,6-15H2,1H3,(H,25,31)/t18-,19-,20+,21-/m0/s1. The predicted molar refractivity (Wildman–Crippen MR) is 119 cm³/mol. The van der Waals surface area contributed by atoms with Gasteiger partial charge in [-0.2, -0.15) is 0 Å². The Morgan fingerprint density at radius 1 is 1.12 bits per heavy atom. The van der Waals surface area contributed by atoms with Gasteiger partial charge in [-0.05, 0) is 44.2 Å². The molecule has 4 rings (SSSR count). The van der Waals surface area contributed by atoms with Crippen molar-refractivity contribution >= 4 is 17.6 Å². The number of hydrogen-bond acceptors (Lipinski definition) is 6. The van der Waals surface area contributed by atoms with Gasteiger partial charge >= 0.3 is 6.03 Å². The van der Waals surface area contributed by atoms with Gasteiger partial charge in [0.1, 0.15) is 11.9 Å². The van der Waals surface area contributed by atoms with Crippen molar-refractivity contribution < 1.29 is 28.6 Å². The van der Waals surface area contributed by atoms with Gasteiger partial charge in [-0.25, -0.2) is 9.18 Å². The Morgan fingerprint density at radius 2 is 1.85 bits per heavy atom. The number of carbonyl (C=O) groups excluding carboxylic acids is 2. The van der Waals surface area contributed by atoms with Crippen LogP contribution in [0.5, 0.6) is 0 Å².